The van der Waals surface area contributed by atoms with Crippen LogP contribution in [-0.4, -0.2) is 25.0 Å². The van der Waals surface area contributed by atoms with Gasteiger partial charge in [-0.2, -0.15) is 26.3 Å². The van der Waals surface area contributed by atoms with Crippen LogP contribution in [0.25, 0.3) is 33.0 Å². The Bertz CT molecular complexity index is 2150. The average molecular weight is 706 g/mol. The smallest absolute Gasteiger partial charge is 0.378 e. The van der Waals surface area contributed by atoms with E-state index in [0.29, 0.717) is 17.8 Å². The van der Waals surface area contributed by atoms with E-state index in [1.165, 1.54) is 38.3 Å². The molecule has 7 rings (SSSR count). The van der Waals surface area contributed by atoms with Gasteiger partial charge >= 0.3 is 12.4 Å². The summed E-state index contributed by atoms with van der Waals surface area (Å²) in [6.07, 6.45) is -9.93. The van der Waals surface area contributed by atoms with Gasteiger partial charge < -0.3 is 15.5 Å². The Morgan fingerprint density at radius 2 is 1.39 bits per heavy atom. The first-order valence-electron chi connectivity index (χ1n) is 15.4. The fourth-order valence-corrected chi connectivity index (χ4v) is 8.01. The van der Waals surface area contributed by atoms with Gasteiger partial charge in [-0.05, 0) is 116 Å². The maximum Gasteiger partial charge on any atom is 0.416 e. The maximum atomic E-state index is 13.4. The van der Waals surface area contributed by atoms with Crippen LogP contribution < -0.4 is 15.5 Å². The second kappa shape index (κ2) is 12.1. The topological polar surface area (TPSA) is 27.3 Å². The van der Waals surface area contributed by atoms with E-state index in [0.717, 1.165) is 27.8 Å². The Kier molecular flexibility index (Phi) is 8.18. The molecule has 2 N–H and O–H groups in total. The van der Waals surface area contributed by atoms with Crippen LogP contribution in [0.2, 0.25) is 0 Å². The van der Waals surface area contributed by atoms with Crippen LogP contribution in [-0.2, 0) is 12.4 Å². The Morgan fingerprint density at radius 1 is 0.735 bits per heavy atom. The molecule has 5 aromatic carbocycles. The van der Waals surface area contributed by atoms with Crippen molar-refractivity contribution in [1.29, 1.82) is 0 Å². The van der Waals surface area contributed by atoms with Gasteiger partial charge in [-0.25, -0.2) is 0 Å². The molecule has 1 aliphatic heterocycles. The lowest BCUT2D eigenvalue weighted by Crippen LogP contribution is -2.20. The molecule has 1 atom stereocenters. The minimum absolute atomic E-state index is 0.0817. The molecule has 0 saturated heterocycles. The Balaban J connectivity index is 1.28. The van der Waals surface area contributed by atoms with E-state index < -0.39 is 29.2 Å². The van der Waals surface area contributed by atoms with Crippen molar-refractivity contribution in [2.24, 2.45) is 5.92 Å². The molecule has 49 heavy (non-hydrogen) atoms. The van der Waals surface area contributed by atoms with Crippen LogP contribution >= 0.6 is 24.0 Å². The third kappa shape index (κ3) is 6.14. The molecule has 3 nitrogen and oxygen atoms in total. The third-order valence-corrected chi connectivity index (χ3v) is 10.4. The zero-order valence-corrected chi connectivity index (χ0v) is 28.1. The lowest BCUT2D eigenvalue weighted by atomic mass is 9.83. The van der Waals surface area contributed by atoms with Gasteiger partial charge in [-0.15, -0.1) is 11.8 Å². The van der Waals surface area contributed by atoms with Crippen LogP contribution in [0.3, 0.4) is 0 Å². The molecule has 2 aliphatic rings. The molecule has 11 heteroatoms. The van der Waals surface area contributed by atoms with Crippen molar-refractivity contribution in [2.45, 2.75) is 24.2 Å². The summed E-state index contributed by atoms with van der Waals surface area (Å²) in [4.78, 5) is 3.27. The highest BCUT2D eigenvalue weighted by Gasteiger charge is 2.37. The predicted octanol–water partition coefficient (Wildman–Crippen LogP) is 11.4. The van der Waals surface area contributed by atoms with E-state index in [1.807, 2.05) is 50.1 Å². The molecule has 0 saturated carbocycles. The summed E-state index contributed by atoms with van der Waals surface area (Å²) in [5.74, 6) is 1.16. The van der Waals surface area contributed by atoms with Crippen molar-refractivity contribution < 1.29 is 26.3 Å². The Labute approximate surface area is 289 Å². The number of nitrogens with one attached hydrogen (secondary N) is 2. The van der Waals surface area contributed by atoms with Gasteiger partial charge in [0, 0.05) is 41.8 Å². The van der Waals surface area contributed by atoms with Crippen LogP contribution in [0.15, 0.2) is 95.9 Å². The van der Waals surface area contributed by atoms with E-state index >= 15 is 0 Å². The summed E-state index contributed by atoms with van der Waals surface area (Å²) < 4.78 is 80.3. The number of halogens is 6. The molecular formula is C38H29F6N3S2. The quantitative estimate of drug-likeness (QED) is 0.141. The van der Waals surface area contributed by atoms with Gasteiger partial charge in [0.15, 0.2) is 5.11 Å². The molecule has 1 unspecified atom stereocenters. The maximum absolute atomic E-state index is 13.4. The number of nitrogens with zero attached hydrogens (tertiary/aromatic N) is 1. The molecule has 0 amide bonds. The molecule has 5 aromatic rings. The summed E-state index contributed by atoms with van der Waals surface area (Å²) in [6.45, 7) is 2.26. The number of thiocarbonyl (C=S) groups is 1. The second-order valence-electron chi connectivity index (χ2n) is 12.4. The van der Waals surface area contributed by atoms with Crippen molar-refractivity contribution in [1.82, 2.24) is 0 Å². The SMILES string of the molecule is CC1CSc2ccc3cc(NC(=S)Nc4cc(C(F)(F)F)cc(C(F)(F)F)c4)ccc3c2/C1=C1\c2ccccc2-c2ccc(N(C)C)cc21. The Hall–Kier alpha value is -4.48. The van der Waals surface area contributed by atoms with Crippen molar-refractivity contribution in [3.63, 3.8) is 0 Å². The monoisotopic (exact) mass is 705 g/mol. The van der Waals surface area contributed by atoms with E-state index in [4.69, 9.17) is 12.2 Å². The van der Waals surface area contributed by atoms with E-state index in [1.54, 1.807) is 0 Å². The molecule has 1 heterocycles. The highest BCUT2D eigenvalue weighted by molar-refractivity contribution is 7.99. The largest absolute Gasteiger partial charge is 0.416 e. The van der Waals surface area contributed by atoms with Crippen LogP contribution in [0.5, 0.6) is 0 Å². The van der Waals surface area contributed by atoms with Gasteiger partial charge in [0.25, 0.3) is 0 Å². The van der Waals surface area contributed by atoms with Crippen molar-refractivity contribution >= 4 is 68.1 Å². The highest BCUT2D eigenvalue weighted by atomic mass is 32.2. The van der Waals surface area contributed by atoms with Crippen LogP contribution in [0, 0.1) is 5.92 Å². The number of benzene rings is 5. The standard InChI is InChI=1S/C38H29F6N3S2/c1-20-19-49-32-13-8-21-14-24(45-36(48)46-25-16-22(37(39,40)41)15-23(17-25)38(42,43)44)9-11-27(21)35(32)33(20)34-30-7-5-4-6-28(30)29-12-10-26(47(2)3)18-31(29)34/h4-18,20H,19H2,1-3H3,(H2,45,46,48)/b34-33+. The number of allylic oxidation sites excluding steroid dienone is 1. The minimum Gasteiger partial charge on any atom is -0.378 e. The number of thioether (sulfide) groups is 1. The lowest BCUT2D eigenvalue weighted by molar-refractivity contribution is -0.143. The van der Waals surface area contributed by atoms with Gasteiger partial charge in [0.05, 0.1) is 11.1 Å². The number of rotatable bonds is 3. The molecule has 0 spiro atoms. The highest BCUT2D eigenvalue weighted by Crippen LogP contribution is 2.54. The van der Waals surface area contributed by atoms with Gasteiger partial charge in [-0.1, -0.05) is 49.4 Å². The van der Waals surface area contributed by atoms with E-state index in [-0.39, 0.29) is 17.1 Å². The Morgan fingerprint density at radius 3 is 2.06 bits per heavy atom. The second-order valence-corrected chi connectivity index (χ2v) is 13.9. The minimum atomic E-state index is -4.97. The van der Waals surface area contributed by atoms with Crippen LogP contribution in [0.1, 0.15) is 34.7 Å². The van der Waals surface area contributed by atoms with Gasteiger partial charge in [0.2, 0.25) is 0 Å². The van der Waals surface area contributed by atoms with Gasteiger partial charge in [-0.3, -0.25) is 0 Å². The number of hydrogen-bond acceptors (Lipinski definition) is 3. The normalized spacial score (nSPS) is 17.0. The van der Waals surface area contributed by atoms with E-state index in [2.05, 4.69) is 71.0 Å². The molecule has 250 valence electrons. The van der Waals surface area contributed by atoms with Gasteiger partial charge in [0.1, 0.15) is 0 Å². The zero-order chi connectivity index (χ0) is 34.8. The summed E-state index contributed by atoms with van der Waals surface area (Å²) in [6, 6.07) is 26.2. The molecule has 0 fully saturated rings. The zero-order valence-electron chi connectivity index (χ0n) is 26.5. The first-order chi connectivity index (χ1) is 23.2. The molecule has 0 radical (unpaired) electrons. The third-order valence-electron chi connectivity index (χ3n) is 8.88. The fraction of sp³-hybridized carbons (Fsp3) is 0.184. The van der Waals surface area contributed by atoms with Crippen LogP contribution in [0.4, 0.5) is 43.4 Å². The number of fused-ring (bicyclic) bond motifs is 6. The lowest BCUT2D eigenvalue weighted by Gasteiger charge is -2.29. The molecule has 1 aliphatic carbocycles. The summed E-state index contributed by atoms with van der Waals surface area (Å²) in [5.41, 5.74) is 6.82. The first kappa shape index (κ1) is 33.0. The van der Waals surface area contributed by atoms with Crippen molar-refractivity contribution in [3.8, 4) is 11.1 Å². The number of anilines is 3. The fourth-order valence-electron chi connectivity index (χ4n) is 6.65. The average Bonchev–Trinajstić information content (AvgIpc) is 3.37. The van der Waals surface area contributed by atoms with E-state index in [9.17, 15) is 26.3 Å². The molecule has 0 bridgehead atoms. The van der Waals surface area contributed by atoms with Crippen molar-refractivity contribution in [2.75, 3.05) is 35.4 Å². The predicted molar refractivity (Wildman–Crippen MR) is 192 cm³/mol. The van der Waals surface area contributed by atoms with Crippen molar-refractivity contribution in [3.05, 3.63) is 119 Å². The summed E-state index contributed by atoms with van der Waals surface area (Å²) in [7, 11) is 4.07. The summed E-state index contributed by atoms with van der Waals surface area (Å²) >= 11 is 7.14. The molecule has 0 aromatic heterocycles. The number of hydrogen-bond donors (Lipinski definition) is 2. The first-order valence-corrected chi connectivity index (χ1v) is 16.8. The number of alkyl halides is 6. The molecular weight excluding hydrogens is 677 g/mol. The summed E-state index contributed by atoms with van der Waals surface area (Å²) in [5, 5.41) is 7.23.